The minimum atomic E-state index is -0.0862. The Hall–Kier alpha value is -1.83. The maximum atomic E-state index is 11.9. The van der Waals surface area contributed by atoms with Gasteiger partial charge in [-0.2, -0.15) is 4.98 Å². The molecule has 1 amide bonds. The number of thioether (sulfide) groups is 1. The Balaban J connectivity index is 1.45. The number of nitrogens with one attached hydrogen (secondary N) is 1. The maximum absolute atomic E-state index is 11.9. The fourth-order valence-electron chi connectivity index (χ4n) is 2.02. The van der Waals surface area contributed by atoms with Crippen molar-refractivity contribution in [3.8, 4) is 0 Å². The summed E-state index contributed by atoms with van der Waals surface area (Å²) in [4.78, 5) is 20.2. The van der Waals surface area contributed by atoms with Gasteiger partial charge in [0.25, 0.3) is 5.78 Å². The molecule has 0 spiro atoms. The first-order chi connectivity index (χ1) is 11.6. The average molecular weight is 382 g/mol. The summed E-state index contributed by atoms with van der Waals surface area (Å²) < 4.78 is 1.57. The average Bonchev–Trinajstić information content (AvgIpc) is 2.98. The molecule has 0 bridgehead atoms. The van der Waals surface area contributed by atoms with Crippen LogP contribution in [-0.4, -0.2) is 37.8 Å². The summed E-state index contributed by atoms with van der Waals surface area (Å²) in [6.07, 6.45) is 4.05. The Morgan fingerprint density at radius 2 is 2.21 bits per heavy atom. The lowest BCUT2D eigenvalue weighted by Crippen LogP contribution is -2.27. The summed E-state index contributed by atoms with van der Waals surface area (Å²) in [6, 6.07) is 7.10. The molecule has 3 aromatic rings. The first-order valence-corrected chi connectivity index (χ1v) is 8.87. The van der Waals surface area contributed by atoms with Gasteiger partial charge in [-0.15, -0.1) is 5.10 Å². The SMILES string of the molecule is O=C(CSc1nc2ncccn2n1)NCCc1ccc(Cl)cc1Cl. The molecule has 124 valence electrons. The van der Waals surface area contributed by atoms with Crippen molar-refractivity contribution in [2.75, 3.05) is 12.3 Å². The second-order valence-corrected chi connectivity index (χ2v) is 6.67. The third kappa shape index (κ3) is 4.37. The van der Waals surface area contributed by atoms with Crippen molar-refractivity contribution in [1.29, 1.82) is 0 Å². The Kier molecular flexibility index (Phi) is 5.55. The van der Waals surface area contributed by atoms with Crippen LogP contribution in [0.1, 0.15) is 5.56 Å². The minimum absolute atomic E-state index is 0.0862. The molecule has 0 unspecified atom stereocenters. The fraction of sp³-hybridized carbons (Fsp3) is 0.200. The molecule has 0 aliphatic rings. The standard InChI is InChI=1S/C15H13Cl2N5OS/c16-11-3-2-10(12(17)8-11)4-6-18-13(23)9-24-15-20-14-19-5-1-7-22(14)21-15/h1-3,5,7-8H,4,6,9H2,(H,18,23). The quantitative estimate of drug-likeness (QED) is 0.664. The van der Waals surface area contributed by atoms with Crippen LogP contribution in [0.25, 0.3) is 5.78 Å². The fourth-order valence-corrected chi connectivity index (χ4v) is 3.17. The molecule has 6 nitrogen and oxygen atoms in total. The zero-order valence-electron chi connectivity index (χ0n) is 12.4. The van der Waals surface area contributed by atoms with E-state index in [9.17, 15) is 4.79 Å². The van der Waals surface area contributed by atoms with Crippen LogP contribution < -0.4 is 5.32 Å². The molecule has 0 fully saturated rings. The summed E-state index contributed by atoms with van der Waals surface area (Å²) in [7, 11) is 0. The van der Waals surface area contributed by atoms with Crippen LogP contribution in [-0.2, 0) is 11.2 Å². The van der Waals surface area contributed by atoms with E-state index in [1.54, 1.807) is 35.1 Å². The highest BCUT2D eigenvalue weighted by molar-refractivity contribution is 7.99. The van der Waals surface area contributed by atoms with Crippen molar-refractivity contribution >= 4 is 46.6 Å². The topological polar surface area (TPSA) is 72.2 Å². The Bertz CT molecular complexity index is 837. The molecule has 0 radical (unpaired) electrons. The molecule has 1 aromatic carbocycles. The van der Waals surface area contributed by atoms with E-state index in [2.05, 4.69) is 20.4 Å². The molecule has 0 atom stereocenters. The Labute approximate surface area is 152 Å². The van der Waals surface area contributed by atoms with Crippen LogP contribution in [0.15, 0.2) is 41.8 Å². The smallest absolute Gasteiger partial charge is 0.253 e. The number of carbonyl (C=O) groups excluding carboxylic acids is 1. The third-order valence-electron chi connectivity index (χ3n) is 3.16. The summed E-state index contributed by atoms with van der Waals surface area (Å²) in [6.45, 7) is 0.501. The Morgan fingerprint density at radius 3 is 3.00 bits per heavy atom. The normalized spacial score (nSPS) is 10.9. The van der Waals surface area contributed by atoms with Crippen LogP contribution in [0.3, 0.4) is 0 Å². The maximum Gasteiger partial charge on any atom is 0.253 e. The van der Waals surface area contributed by atoms with Crippen LogP contribution >= 0.6 is 35.0 Å². The number of carbonyl (C=O) groups is 1. The molecule has 1 N–H and O–H groups in total. The van der Waals surface area contributed by atoms with Crippen LogP contribution in [0.5, 0.6) is 0 Å². The molecule has 2 aromatic heterocycles. The van der Waals surface area contributed by atoms with Crippen LogP contribution in [0, 0.1) is 0 Å². The highest BCUT2D eigenvalue weighted by Gasteiger charge is 2.08. The highest BCUT2D eigenvalue weighted by atomic mass is 35.5. The van der Waals surface area contributed by atoms with Gasteiger partial charge >= 0.3 is 0 Å². The van der Waals surface area contributed by atoms with Gasteiger partial charge in [0, 0.05) is 29.0 Å². The van der Waals surface area contributed by atoms with E-state index in [0.717, 1.165) is 5.56 Å². The number of benzene rings is 1. The predicted octanol–water partition coefficient (Wildman–Crippen LogP) is 2.88. The number of amides is 1. The molecule has 0 aliphatic carbocycles. The summed E-state index contributed by atoms with van der Waals surface area (Å²) in [5, 5.41) is 8.79. The van der Waals surface area contributed by atoms with E-state index in [1.165, 1.54) is 11.8 Å². The van der Waals surface area contributed by atoms with Crippen molar-refractivity contribution in [2.24, 2.45) is 0 Å². The predicted molar refractivity (Wildman–Crippen MR) is 94.7 cm³/mol. The largest absolute Gasteiger partial charge is 0.355 e. The first-order valence-electron chi connectivity index (χ1n) is 7.12. The van der Waals surface area contributed by atoms with Crippen molar-refractivity contribution < 1.29 is 4.79 Å². The number of hydrogen-bond acceptors (Lipinski definition) is 5. The van der Waals surface area contributed by atoms with E-state index in [4.69, 9.17) is 23.2 Å². The molecule has 9 heteroatoms. The minimum Gasteiger partial charge on any atom is -0.355 e. The van der Waals surface area contributed by atoms with Crippen molar-refractivity contribution in [2.45, 2.75) is 11.6 Å². The zero-order chi connectivity index (χ0) is 16.9. The van der Waals surface area contributed by atoms with Gasteiger partial charge in [0.1, 0.15) is 0 Å². The lowest BCUT2D eigenvalue weighted by atomic mass is 10.1. The molecule has 0 saturated carbocycles. The molecule has 2 heterocycles. The molecule has 0 aliphatic heterocycles. The number of nitrogens with zero attached hydrogens (tertiary/aromatic N) is 4. The number of rotatable bonds is 6. The van der Waals surface area contributed by atoms with Gasteiger partial charge in [0.05, 0.1) is 5.75 Å². The van der Waals surface area contributed by atoms with Gasteiger partial charge in [0.2, 0.25) is 11.1 Å². The molecular formula is C15H13Cl2N5OS. The van der Waals surface area contributed by atoms with E-state index in [1.807, 2.05) is 6.07 Å². The molecular weight excluding hydrogens is 369 g/mol. The van der Waals surface area contributed by atoms with Crippen molar-refractivity contribution in [1.82, 2.24) is 24.9 Å². The molecule has 3 rings (SSSR count). The Morgan fingerprint density at radius 1 is 1.33 bits per heavy atom. The van der Waals surface area contributed by atoms with Gasteiger partial charge in [-0.05, 0) is 30.2 Å². The summed E-state index contributed by atoms with van der Waals surface area (Å²) in [5.41, 5.74) is 0.946. The second kappa shape index (κ2) is 7.83. The van der Waals surface area contributed by atoms with Crippen molar-refractivity contribution in [3.05, 3.63) is 52.3 Å². The van der Waals surface area contributed by atoms with E-state index in [0.29, 0.717) is 33.9 Å². The van der Waals surface area contributed by atoms with E-state index >= 15 is 0 Å². The van der Waals surface area contributed by atoms with Gasteiger partial charge in [0.15, 0.2) is 0 Å². The van der Waals surface area contributed by atoms with Crippen LogP contribution in [0.4, 0.5) is 0 Å². The van der Waals surface area contributed by atoms with Gasteiger partial charge in [-0.3, -0.25) is 4.79 Å². The lowest BCUT2D eigenvalue weighted by molar-refractivity contribution is -0.118. The number of hydrogen-bond donors (Lipinski definition) is 1. The lowest BCUT2D eigenvalue weighted by Gasteiger charge is -2.06. The first kappa shape index (κ1) is 17.0. The number of halogens is 2. The van der Waals surface area contributed by atoms with Gasteiger partial charge in [-0.25, -0.2) is 9.50 Å². The zero-order valence-corrected chi connectivity index (χ0v) is 14.8. The van der Waals surface area contributed by atoms with E-state index < -0.39 is 0 Å². The van der Waals surface area contributed by atoms with Crippen LogP contribution in [0.2, 0.25) is 10.0 Å². The highest BCUT2D eigenvalue weighted by Crippen LogP contribution is 2.21. The van der Waals surface area contributed by atoms with E-state index in [-0.39, 0.29) is 11.7 Å². The third-order valence-corrected chi connectivity index (χ3v) is 4.59. The molecule has 0 saturated heterocycles. The van der Waals surface area contributed by atoms with Gasteiger partial charge in [-0.1, -0.05) is 41.0 Å². The number of fused-ring (bicyclic) bond motifs is 1. The van der Waals surface area contributed by atoms with Crippen molar-refractivity contribution in [3.63, 3.8) is 0 Å². The second-order valence-electron chi connectivity index (χ2n) is 4.88. The van der Waals surface area contributed by atoms with Gasteiger partial charge < -0.3 is 5.32 Å². The summed E-state index contributed by atoms with van der Waals surface area (Å²) >= 11 is 13.2. The monoisotopic (exact) mass is 381 g/mol. The molecule has 24 heavy (non-hydrogen) atoms. The summed E-state index contributed by atoms with van der Waals surface area (Å²) in [5.74, 6) is 0.667. The number of aromatic nitrogens is 4.